The Labute approximate surface area is 170 Å². The summed E-state index contributed by atoms with van der Waals surface area (Å²) in [4.78, 5) is 9.45. The second-order valence-electron chi connectivity index (χ2n) is 6.53. The van der Waals surface area contributed by atoms with Gasteiger partial charge < -0.3 is 15.4 Å². The molecule has 0 aliphatic carbocycles. The molecule has 27 heavy (non-hydrogen) atoms. The molecule has 2 aromatic rings. The lowest BCUT2D eigenvalue weighted by Crippen LogP contribution is -2.46. The van der Waals surface area contributed by atoms with E-state index in [0.717, 1.165) is 50.4 Å². The zero-order valence-electron chi connectivity index (χ0n) is 15.9. The number of thiophene rings is 1. The number of nitrogens with one attached hydrogen (secondary N) is 2. The predicted octanol–water partition coefficient (Wildman–Crippen LogP) is 3.45. The zero-order valence-corrected chi connectivity index (χ0v) is 17.4. The Balaban J connectivity index is 1.62. The van der Waals surface area contributed by atoms with Crippen LogP contribution in [-0.2, 0) is 11.3 Å². The van der Waals surface area contributed by atoms with Gasteiger partial charge in [0, 0.05) is 41.5 Å². The smallest absolute Gasteiger partial charge is 0.191 e. The maximum Gasteiger partial charge on any atom is 0.191 e. The van der Waals surface area contributed by atoms with E-state index in [1.54, 1.807) is 18.4 Å². The molecule has 1 aromatic carbocycles. The molecular formula is C20H27ClN4OS. The van der Waals surface area contributed by atoms with Gasteiger partial charge in [0.25, 0.3) is 0 Å². The number of morpholine rings is 1. The molecule has 1 aromatic heterocycles. The van der Waals surface area contributed by atoms with Crippen LogP contribution in [0.2, 0.25) is 5.02 Å². The molecule has 1 unspecified atom stereocenters. The first-order valence-electron chi connectivity index (χ1n) is 9.23. The van der Waals surface area contributed by atoms with Gasteiger partial charge >= 0.3 is 0 Å². The van der Waals surface area contributed by atoms with Crippen LogP contribution in [0.25, 0.3) is 0 Å². The van der Waals surface area contributed by atoms with Crippen molar-refractivity contribution in [2.24, 2.45) is 4.99 Å². The van der Waals surface area contributed by atoms with Crippen LogP contribution in [0.1, 0.15) is 21.4 Å². The van der Waals surface area contributed by atoms with Gasteiger partial charge in [0.2, 0.25) is 0 Å². The van der Waals surface area contributed by atoms with E-state index in [2.05, 4.69) is 51.7 Å². The van der Waals surface area contributed by atoms with Crippen LogP contribution in [0.15, 0.2) is 41.4 Å². The number of hydrogen-bond donors (Lipinski definition) is 2. The van der Waals surface area contributed by atoms with Gasteiger partial charge in [-0.15, -0.1) is 11.3 Å². The molecule has 0 amide bonds. The lowest BCUT2D eigenvalue weighted by molar-refractivity contribution is 0.0170. The number of nitrogens with zero attached hydrogens (tertiary/aromatic N) is 2. The van der Waals surface area contributed by atoms with Gasteiger partial charge in [-0.1, -0.05) is 23.7 Å². The van der Waals surface area contributed by atoms with Crippen molar-refractivity contribution in [2.75, 3.05) is 39.9 Å². The third-order valence-electron chi connectivity index (χ3n) is 4.65. The van der Waals surface area contributed by atoms with Crippen molar-refractivity contribution in [1.82, 2.24) is 15.5 Å². The van der Waals surface area contributed by atoms with Crippen molar-refractivity contribution in [3.63, 3.8) is 0 Å². The predicted molar refractivity (Wildman–Crippen MR) is 114 cm³/mol. The van der Waals surface area contributed by atoms with E-state index in [9.17, 15) is 0 Å². The maximum absolute atomic E-state index is 6.08. The quantitative estimate of drug-likeness (QED) is 0.569. The molecule has 0 radical (unpaired) electrons. The Bertz CT molecular complexity index is 741. The minimum Gasteiger partial charge on any atom is -0.379 e. The second kappa shape index (κ2) is 10.1. The van der Waals surface area contributed by atoms with E-state index < -0.39 is 0 Å². The summed E-state index contributed by atoms with van der Waals surface area (Å²) < 4.78 is 5.52. The summed E-state index contributed by atoms with van der Waals surface area (Å²) in [7, 11) is 1.81. The van der Waals surface area contributed by atoms with Crippen LogP contribution in [-0.4, -0.2) is 50.8 Å². The van der Waals surface area contributed by atoms with Crippen LogP contribution >= 0.6 is 22.9 Å². The highest BCUT2D eigenvalue weighted by Crippen LogP contribution is 2.23. The largest absolute Gasteiger partial charge is 0.379 e. The van der Waals surface area contributed by atoms with Gasteiger partial charge in [0.1, 0.15) is 0 Å². The molecule has 3 rings (SSSR count). The normalized spacial score (nSPS) is 16.9. The molecular weight excluding hydrogens is 380 g/mol. The number of halogens is 1. The second-order valence-corrected chi connectivity index (χ2v) is 8.34. The summed E-state index contributed by atoms with van der Waals surface area (Å²) in [6.07, 6.45) is 0. The van der Waals surface area contributed by atoms with Crippen molar-refractivity contribution in [1.29, 1.82) is 0 Å². The summed E-state index contributed by atoms with van der Waals surface area (Å²) in [6, 6.07) is 12.7. The van der Waals surface area contributed by atoms with Crippen molar-refractivity contribution in [2.45, 2.75) is 19.5 Å². The molecule has 146 valence electrons. The average molecular weight is 407 g/mol. The fraction of sp³-hybridized carbons (Fsp3) is 0.450. The lowest BCUT2D eigenvalue weighted by atomic mass is 10.0. The minimum absolute atomic E-state index is 0.244. The first-order valence-corrected chi connectivity index (χ1v) is 10.4. The summed E-state index contributed by atoms with van der Waals surface area (Å²) in [5.74, 6) is 0.813. The molecule has 0 saturated carbocycles. The number of aliphatic imine (C=N–C) groups is 1. The number of benzene rings is 1. The Hall–Kier alpha value is -1.60. The van der Waals surface area contributed by atoms with Gasteiger partial charge in [-0.25, -0.2) is 0 Å². The molecule has 5 nitrogen and oxygen atoms in total. The van der Waals surface area contributed by atoms with Crippen molar-refractivity contribution in [3.8, 4) is 0 Å². The molecule has 7 heteroatoms. The number of rotatable bonds is 6. The lowest BCUT2D eigenvalue weighted by Gasteiger charge is -2.35. The van der Waals surface area contributed by atoms with E-state index >= 15 is 0 Å². The fourth-order valence-corrected chi connectivity index (χ4v) is 4.15. The molecule has 1 aliphatic rings. The topological polar surface area (TPSA) is 48.9 Å². The molecule has 2 heterocycles. The molecule has 1 saturated heterocycles. The van der Waals surface area contributed by atoms with Gasteiger partial charge in [-0.3, -0.25) is 9.89 Å². The van der Waals surface area contributed by atoms with Crippen LogP contribution in [0.4, 0.5) is 0 Å². The van der Waals surface area contributed by atoms with Crippen molar-refractivity contribution < 1.29 is 4.74 Å². The molecule has 0 bridgehead atoms. The van der Waals surface area contributed by atoms with Crippen LogP contribution in [0.3, 0.4) is 0 Å². The molecule has 1 atom stereocenters. The Morgan fingerprint density at radius 3 is 2.56 bits per heavy atom. The molecule has 1 fully saturated rings. The Kier molecular flexibility index (Phi) is 7.52. The number of ether oxygens (including phenoxy) is 1. The maximum atomic E-state index is 6.08. The SMILES string of the molecule is CN=C(NCc1ccc(C)s1)NCC(c1ccc(Cl)cc1)N1CCOCC1. The zero-order chi connectivity index (χ0) is 19.1. The standard InChI is InChI=1S/C20H27ClN4OS/c1-15-3-8-18(27-15)13-23-20(22-2)24-14-19(25-9-11-26-12-10-25)16-4-6-17(21)7-5-16/h3-8,19H,9-14H2,1-2H3,(H2,22,23,24). The number of hydrogen-bond acceptors (Lipinski definition) is 4. The average Bonchev–Trinajstić information content (AvgIpc) is 3.11. The third kappa shape index (κ3) is 5.94. The monoisotopic (exact) mass is 406 g/mol. The summed E-state index contributed by atoms with van der Waals surface area (Å²) in [5, 5.41) is 7.65. The van der Waals surface area contributed by atoms with E-state index in [-0.39, 0.29) is 6.04 Å². The van der Waals surface area contributed by atoms with Gasteiger partial charge in [0.15, 0.2) is 5.96 Å². The number of guanidine groups is 1. The van der Waals surface area contributed by atoms with Crippen molar-refractivity contribution in [3.05, 3.63) is 56.7 Å². The van der Waals surface area contributed by atoms with Crippen LogP contribution in [0.5, 0.6) is 0 Å². The highest BCUT2D eigenvalue weighted by atomic mass is 35.5. The van der Waals surface area contributed by atoms with Crippen LogP contribution < -0.4 is 10.6 Å². The highest BCUT2D eigenvalue weighted by molar-refractivity contribution is 7.11. The minimum atomic E-state index is 0.244. The first kappa shape index (κ1) is 20.1. The third-order valence-corrected chi connectivity index (χ3v) is 5.91. The van der Waals surface area contributed by atoms with E-state index in [1.807, 2.05) is 12.1 Å². The summed E-state index contributed by atoms with van der Waals surface area (Å²) in [6.45, 7) is 7.07. The first-order chi connectivity index (χ1) is 13.2. The van der Waals surface area contributed by atoms with Crippen molar-refractivity contribution >= 4 is 28.9 Å². The van der Waals surface area contributed by atoms with Gasteiger partial charge in [-0.2, -0.15) is 0 Å². The fourth-order valence-electron chi connectivity index (χ4n) is 3.20. The highest BCUT2D eigenvalue weighted by Gasteiger charge is 2.22. The number of aryl methyl sites for hydroxylation is 1. The van der Waals surface area contributed by atoms with E-state index in [4.69, 9.17) is 16.3 Å². The van der Waals surface area contributed by atoms with E-state index in [0.29, 0.717) is 0 Å². The Morgan fingerprint density at radius 2 is 1.93 bits per heavy atom. The van der Waals surface area contributed by atoms with Crippen LogP contribution in [0, 0.1) is 6.92 Å². The summed E-state index contributed by atoms with van der Waals surface area (Å²) >= 11 is 7.88. The molecule has 2 N–H and O–H groups in total. The molecule has 0 spiro atoms. The van der Waals surface area contributed by atoms with Gasteiger partial charge in [0.05, 0.1) is 25.8 Å². The van der Waals surface area contributed by atoms with E-state index in [1.165, 1.54) is 15.3 Å². The molecule has 1 aliphatic heterocycles. The van der Waals surface area contributed by atoms with Gasteiger partial charge in [-0.05, 0) is 36.8 Å². The Morgan fingerprint density at radius 1 is 1.19 bits per heavy atom. The summed E-state index contributed by atoms with van der Waals surface area (Å²) in [5.41, 5.74) is 1.25.